The van der Waals surface area contributed by atoms with Gasteiger partial charge in [0.25, 0.3) is 11.6 Å². The second kappa shape index (κ2) is 6.00. The Hall–Kier alpha value is -1.96. The predicted octanol–water partition coefficient (Wildman–Crippen LogP) is 1.37. The quantitative estimate of drug-likeness (QED) is 0.640. The molecule has 2 N–H and O–H groups in total. The molecule has 1 aliphatic rings. The average molecular weight is 342 g/mol. The Kier molecular flexibility index (Phi) is 4.33. The first-order chi connectivity index (χ1) is 9.49. The Balaban J connectivity index is 2.15. The SMILES string of the molecule is O=C(NC1CCCNC1=O)c1ccc(Br)c([N+](=O)[O-])c1. The summed E-state index contributed by atoms with van der Waals surface area (Å²) in [6.07, 6.45) is 1.35. The van der Waals surface area contributed by atoms with E-state index in [-0.39, 0.29) is 17.2 Å². The van der Waals surface area contributed by atoms with Gasteiger partial charge in [0.15, 0.2) is 0 Å². The highest BCUT2D eigenvalue weighted by atomic mass is 79.9. The lowest BCUT2D eigenvalue weighted by molar-refractivity contribution is -0.385. The molecule has 1 heterocycles. The summed E-state index contributed by atoms with van der Waals surface area (Å²) in [5.74, 6) is -0.723. The average Bonchev–Trinajstić information content (AvgIpc) is 2.41. The molecule has 20 heavy (non-hydrogen) atoms. The monoisotopic (exact) mass is 341 g/mol. The van der Waals surface area contributed by atoms with E-state index in [0.29, 0.717) is 17.4 Å². The smallest absolute Gasteiger partial charge is 0.284 e. The lowest BCUT2D eigenvalue weighted by Crippen LogP contribution is -2.50. The van der Waals surface area contributed by atoms with Gasteiger partial charge in [-0.05, 0) is 40.9 Å². The maximum atomic E-state index is 12.0. The predicted molar refractivity (Wildman–Crippen MR) is 74.3 cm³/mol. The molecule has 0 aromatic heterocycles. The first-order valence-corrected chi connectivity index (χ1v) is 6.81. The van der Waals surface area contributed by atoms with E-state index in [1.54, 1.807) is 0 Å². The summed E-state index contributed by atoms with van der Waals surface area (Å²) in [6.45, 7) is 0.606. The second-order valence-electron chi connectivity index (χ2n) is 4.38. The highest BCUT2D eigenvalue weighted by Gasteiger charge is 2.25. The van der Waals surface area contributed by atoms with Gasteiger partial charge in [-0.2, -0.15) is 0 Å². The van der Waals surface area contributed by atoms with E-state index >= 15 is 0 Å². The van der Waals surface area contributed by atoms with Gasteiger partial charge >= 0.3 is 0 Å². The third-order valence-corrected chi connectivity index (χ3v) is 3.67. The fourth-order valence-electron chi connectivity index (χ4n) is 1.95. The van der Waals surface area contributed by atoms with Crippen molar-refractivity contribution in [1.29, 1.82) is 0 Å². The molecular formula is C12H12BrN3O4. The van der Waals surface area contributed by atoms with Crippen LogP contribution in [-0.4, -0.2) is 29.3 Å². The van der Waals surface area contributed by atoms with Crippen LogP contribution in [0, 0.1) is 10.1 Å². The Labute approximate surface area is 123 Å². The molecule has 2 rings (SSSR count). The number of carbonyl (C=O) groups excluding carboxylic acids is 2. The Morgan fingerprint density at radius 2 is 2.25 bits per heavy atom. The van der Waals surface area contributed by atoms with Crippen LogP contribution in [0.25, 0.3) is 0 Å². The number of benzene rings is 1. The zero-order chi connectivity index (χ0) is 14.7. The van der Waals surface area contributed by atoms with Gasteiger partial charge in [-0.25, -0.2) is 0 Å². The summed E-state index contributed by atoms with van der Waals surface area (Å²) in [5, 5.41) is 16.1. The van der Waals surface area contributed by atoms with Gasteiger partial charge in [0.2, 0.25) is 5.91 Å². The van der Waals surface area contributed by atoms with E-state index < -0.39 is 16.9 Å². The van der Waals surface area contributed by atoms with Crippen LogP contribution in [0.5, 0.6) is 0 Å². The molecule has 0 spiro atoms. The van der Waals surface area contributed by atoms with Crippen molar-refractivity contribution in [2.75, 3.05) is 6.54 Å². The summed E-state index contributed by atoms with van der Waals surface area (Å²) >= 11 is 3.05. The van der Waals surface area contributed by atoms with Crippen molar-refractivity contribution in [3.05, 3.63) is 38.3 Å². The standard InChI is InChI=1S/C12H12BrN3O4/c13-8-4-3-7(6-10(8)16(19)20)11(17)15-9-2-1-5-14-12(9)18/h3-4,6,9H,1-2,5H2,(H,14,18)(H,15,17). The van der Waals surface area contributed by atoms with Crippen LogP contribution in [0.4, 0.5) is 5.69 Å². The third-order valence-electron chi connectivity index (χ3n) is 3.00. The van der Waals surface area contributed by atoms with Gasteiger partial charge in [-0.15, -0.1) is 0 Å². The minimum atomic E-state index is -0.584. The van der Waals surface area contributed by atoms with Gasteiger partial charge in [-0.1, -0.05) is 0 Å². The number of hydrogen-bond acceptors (Lipinski definition) is 4. The summed E-state index contributed by atoms with van der Waals surface area (Å²) < 4.78 is 0.300. The minimum absolute atomic E-state index is 0.151. The molecule has 0 radical (unpaired) electrons. The lowest BCUT2D eigenvalue weighted by atomic mass is 10.1. The number of nitrogens with one attached hydrogen (secondary N) is 2. The van der Waals surface area contributed by atoms with E-state index in [9.17, 15) is 19.7 Å². The van der Waals surface area contributed by atoms with Crippen molar-refractivity contribution >= 4 is 33.4 Å². The Morgan fingerprint density at radius 1 is 1.50 bits per heavy atom. The molecule has 0 bridgehead atoms. The molecule has 8 heteroatoms. The van der Waals surface area contributed by atoms with Crippen LogP contribution < -0.4 is 10.6 Å². The Bertz CT molecular complexity index is 576. The summed E-state index contributed by atoms with van der Waals surface area (Å²) in [4.78, 5) is 33.8. The molecule has 1 saturated heterocycles. The van der Waals surface area contributed by atoms with Crippen LogP contribution in [0.1, 0.15) is 23.2 Å². The van der Waals surface area contributed by atoms with Crippen LogP contribution in [0.15, 0.2) is 22.7 Å². The van der Waals surface area contributed by atoms with Gasteiger partial charge < -0.3 is 10.6 Å². The van der Waals surface area contributed by atoms with E-state index in [1.807, 2.05) is 0 Å². The first-order valence-electron chi connectivity index (χ1n) is 6.01. The molecular weight excluding hydrogens is 330 g/mol. The van der Waals surface area contributed by atoms with Gasteiger partial charge in [0.05, 0.1) is 9.40 Å². The lowest BCUT2D eigenvalue weighted by Gasteiger charge is -2.22. The van der Waals surface area contributed by atoms with E-state index in [0.717, 1.165) is 6.42 Å². The largest absolute Gasteiger partial charge is 0.354 e. The van der Waals surface area contributed by atoms with Crippen LogP contribution in [-0.2, 0) is 4.79 Å². The molecule has 0 saturated carbocycles. The molecule has 1 aromatic carbocycles. The number of nitro groups is 1. The van der Waals surface area contributed by atoms with E-state index in [4.69, 9.17) is 0 Å². The fraction of sp³-hybridized carbons (Fsp3) is 0.333. The van der Waals surface area contributed by atoms with E-state index in [1.165, 1.54) is 18.2 Å². The van der Waals surface area contributed by atoms with Crippen molar-refractivity contribution in [3.8, 4) is 0 Å². The molecule has 0 aliphatic carbocycles. The summed E-state index contributed by atoms with van der Waals surface area (Å²) in [5.41, 5.74) is -0.0379. The molecule has 7 nitrogen and oxygen atoms in total. The number of hydrogen-bond donors (Lipinski definition) is 2. The molecule has 106 valence electrons. The van der Waals surface area contributed by atoms with Gasteiger partial charge in [0.1, 0.15) is 6.04 Å². The van der Waals surface area contributed by atoms with Crippen molar-refractivity contribution in [2.45, 2.75) is 18.9 Å². The summed E-state index contributed by atoms with van der Waals surface area (Å²) in [7, 11) is 0. The number of nitrogens with zero attached hydrogens (tertiary/aromatic N) is 1. The van der Waals surface area contributed by atoms with Crippen molar-refractivity contribution in [1.82, 2.24) is 10.6 Å². The first kappa shape index (κ1) is 14.4. The Morgan fingerprint density at radius 3 is 2.90 bits per heavy atom. The topological polar surface area (TPSA) is 101 Å². The van der Waals surface area contributed by atoms with Crippen LogP contribution >= 0.6 is 15.9 Å². The van der Waals surface area contributed by atoms with Crippen molar-refractivity contribution < 1.29 is 14.5 Å². The fourth-order valence-corrected chi connectivity index (χ4v) is 2.34. The number of piperidine rings is 1. The minimum Gasteiger partial charge on any atom is -0.354 e. The maximum Gasteiger partial charge on any atom is 0.284 e. The number of rotatable bonds is 3. The van der Waals surface area contributed by atoms with Gasteiger partial charge in [0, 0.05) is 18.2 Å². The number of halogens is 1. The molecule has 2 amide bonds. The van der Waals surface area contributed by atoms with Crippen molar-refractivity contribution in [2.24, 2.45) is 0 Å². The van der Waals surface area contributed by atoms with Crippen LogP contribution in [0.2, 0.25) is 0 Å². The number of nitro benzene ring substituents is 1. The number of carbonyl (C=O) groups is 2. The molecule has 1 unspecified atom stereocenters. The molecule has 1 aliphatic heterocycles. The van der Waals surface area contributed by atoms with Crippen molar-refractivity contribution in [3.63, 3.8) is 0 Å². The second-order valence-corrected chi connectivity index (χ2v) is 5.24. The highest BCUT2D eigenvalue weighted by molar-refractivity contribution is 9.10. The zero-order valence-electron chi connectivity index (χ0n) is 10.4. The maximum absolute atomic E-state index is 12.0. The normalized spacial score (nSPS) is 18.2. The molecule has 1 atom stereocenters. The zero-order valence-corrected chi connectivity index (χ0v) is 12.0. The van der Waals surface area contributed by atoms with Gasteiger partial charge in [-0.3, -0.25) is 19.7 Å². The molecule has 1 aromatic rings. The van der Waals surface area contributed by atoms with E-state index in [2.05, 4.69) is 26.6 Å². The highest BCUT2D eigenvalue weighted by Crippen LogP contribution is 2.25. The number of amides is 2. The summed E-state index contributed by atoms with van der Waals surface area (Å²) in [6, 6.07) is 3.50. The third kappa shape index (κ3) is 3.13. The molecule has 1 fully saturated rings. The van der Waals surface area contributed by atoms with Crippen LogP contribution in [0.3, 0.4) is 0 Å².